The highest BCUT2D eigenvalue weighted by Gasteiger charge is 2.41. The third kappa shape index (κ3) is 3.76. The molecule has 0 saturated carbocycles. The Hall–Kier alpha value is -1.52. The minimum atomic E-state index is -4.97. The molecule has 0 aromatic heterocycles. The van der Waals surface area contributed by atoms with Crippen molar-refractivity contribution in [3.63, 3.8) is 0 Å². The average Bonchev–Trinajstić information content (AvgIpc) is 2.14. The number of halogens is 3. The summed E-state index contributed by atoms with van der Waals surface area (Å²) in [6.07, 6.45) is -4.97. The van der Waals surface area contributed by atoms with Crippen LogP contribution in [0, 0.1) is 6.92 Å². The molecule has 0 aliphatic carbocycles. The van der Waals surface area contributed by atoms with Crippen LogP contribution in [0.4, 0.5) is 13.2 Å². The fourth-order valence-corrected chi connectivity index (χ4v) is 1.33. The molecule has 0 N–H and O–H groups in total. The molecule has 0 saturated heterocycles. The van der Waals surface area contributed by atoms with Crippen LogP contribution in [-0.2, 0) is 4.79 Å². The van der Waals surface area contributed by atoms with Crippen molar-refractivity contribution in [1.82, 2.24) is 0 Å². The predicted molar refractivity (Wildman–Crippen MR) is 57.0 cm³/mol. The Balaban J connectivity index is 2.96. The van der Waals surface area contributed by atoms with E-state index in [9.17, 15) is 18.0 Å². The van der Waals surface area contributed by atoms with Crippen LogP contribution in [0.2, 0.25) is 0 Å². The number of esters is 1. The Morgan fingerprint density at radius 1 is 1.24 bits per heavy atom. The quantitative estimate of drug-likeness (QED) is 0.588. The van der Waals surface area contributed by atoms with E-state index < -0.39 is 12.1 Å². The van der Waals surface area contributed by atoms with Crippen molar-refractivity contribution in [3.05, 3.63) is 29.3 Å². The van der Waals surface area contributed by atoms with E-state index in [0.717, 1.165) is 11.1 Å². The third-order valence-corrected chi connectivity index (χ3v) is 2.18. The summed E-state index contributed by atoms with van der Waals surface area (Å²) in [7, 11) is 0. The summed E-state index contributed by atoms with van der Waals surface area (Å²) in [5.74, 6) is -2.12. The largest absolute Gasteiger partial charge is 0.491 e. The molecule has 5 heteroatoms. The van der Waals surface area contributed by atoms with Crippen LogP contribution in [0.3, 0.4) is 0 Å². The van der Waals surface area contributed by atoms with Crippen molar-refractivity contribution in [2.75, 3.05) is 0 Å². The van der Waals surface area contributed by atoms with Crippen LogP contribution in [0.15, 0.2) is 18.2 Å². The number of ether oxygens (including phenoxy) is 1. The Morgan fingerprint density at radius 2 is 1.82 bits per heavy atom. The molecule has 0 unspecified atom stereocenters. The van der Waals surface area contributed by atoms with Crippen LogP contribution >= 0.6 is 0 Å². The Kier molecular flexibility index (Phi) is 3.80. The van der Waals surface area contributed by atoms with Gasteiger partial charge in [-0.05, 0) is 36.1 Å². The van der Waals surface area contributed by atoms with Crippen molar-refractivity contribution >= 4 is 5.97 Å². The van der Waals surface area contributed by atoms with Crippen molar-refractivity contribution in [2.24, 2.45) is 0 Å². The number of carbonyl (C=O) groups is 1. The number of aryl methyl sites for hydroxylation is 1. The second kappa shape index (κ2) is 4.77. The van der Waals surface area contributed by atoms with Gasteiger partial charge in [0.1, 0.15) is 5.75 Å². The van der Waals surface area contributed by atoms with E-state index in [-0.39, 0.29) is 11.7 Å². The molecule has 0 spiro atoms. The van der Waals surface area contributed by atoms with Gasteiger partial charge in [0.15, 0.2) is 0 Å². The summed E-state index contributed by atoms with van der Waals surface area (Å²) in [5, 5.41) is 0. The number of hydrogen-bond donors (Lipinski definition) is 0. The van der Waals surface area contributed by atoms with Crippen molar-refractivity contribution in [3.8, 4) is 5.75 Å². The molecule has 0 aliphatic heterocycles. The SMILES string of the molecule is Cc1cc(OC(=O)C(F)(F)F)cc(C(C)C)c1. The van der Waals surface area contributed by atoms with Crippen LogP contribution < -0.4 is 4.74 Å². The molecule has 0 radical (unpaired) electrons. The molecule has 0 bridgehead atoms. The standard InChI is InChI=1S/C12H13F3O2/c1-7(2)9-4-8(3)5-10(6-9)17-11(16)12(13,14)15/h4-7H,1-3H3. The van der Waals surface area contributed by atoms with Crippen molar-refractivity contribution in [2.45, 2.75) is 32.9 Å². The third-order valence-electron chi connectivity index (χ3n) is 2.18. The van der Waals surface area contributed by atoms with Gasteiger partial charge in [0, 0.05) is 0 Å². The van der Waals surface area contributed by atoms with E-state index in [1.807, 2.05) is 19.9 Å². The van der Waals surface area contributed by atoms with Gasteiger partial charge in [-0.25, -0.2) is 4.79 Å². The number of hydrogen-bond acceptors (Lipinski definition) is 2. The summed E-state index contributed by atoms with van der Waals surface area (Å²) in [5.41, 5.74) is 1.58. The van der Waals surface area contributed by atoms with Crippen LogP contribution in [0.1, 0.15) is 30.9 Å². The molecule has 0 atom stereocenters. The zero-order valence-electron chi connectivity index (χ0n) is 9.76. The lowest BCUT2D eigenvalue weighted by Gasteiger charge is -2.11. The molecule has 0 heterocycles. The molecule has 0 fully saturated rings. The second-order valence-corrected chi connectivity index (χ2v) is 4.12. The van der Waals surface area contributed by atoms with E-state index in [4.69, 9.17) is 0 Å². The van der Waals surface area contributed by atoms with E-state index in [0.29, 0.717) is 0 Å². The summed E-state index contributed by atoms with van der Waals surface area (Å²) in [6.45, 7) is 5.55. The molecule has 2 nitrogen and oxygen atoms in total. The van der Waals surface area contributed by atoms with Gasteiger partial charge in [0.05, 0.1) is 0 Å². The minimum Gasteiger partial charge on any atom is -0.420 e. The molecule has 1 aromatic rings. The van der Waals surface area contributed by atoms with Gasteiger partial charge >= 0.3 is 12.1 Å². The van der Waals surface area contributed by atoms with Gasteiger partial charge in [-0.3, -0.25) is 0 Å². The molecule has 94 valence electrons. The normalized spacial score (nSPS) is 11.7. The molecule has 1 aromatic carbocycles. The molecule has 17 heavy (non-hydrogen) atoms. The topological polar surface area (TPSA) is 26.3 Å². The molecule has 1 rings (SSSR count). The highest BCUT2D eigenvalue weighted by molar-refractivity contribution is 5.78. The van der Waals surface area contributed by atoms with Gasteiger partial charge in [0.25, 0.3) is 0 Å². The van der Waals surface area contributed by atoms with Crippen LogP contribution in [0.5, 0.6) is 5.75 Å². The monoisotopic (exact) mass is 246 g/mol. The summed E-state index contributed by atoms with van der Waals surface area (Å²) >= 11 is 0. The highest BCUT2D eigenvalue weighted by Crippen LogP contribution is 2.25. The van der Waals surface area contributed by atoms with E-state index in [1.54, 1.807) is 6.92 Å². The number of carbonyl (C=O) groups excluding carboxylic acids is 1. The summed E-state index contributed by atoms with van der Waals surface area (Å²) < 4.78 is 40.3. The lowest BCUT2D eigenvalue weighted by molar-refractivity contribution is -0.189. The van der Waals surface area contributed by atoms with Gasteiger partial charge in [0.2, 0.25) is 0 Å². The predicted octanol–water partition coefficient (Wildman–Crippen LogP) is 3.59. The number of alkyl halides is 3. The zero-order chi connectivity index (χ0) is 13.2. The first-order valence-corrected chi connectivity index (χ1v) is 5.10. The van der Waals surface area contributed by atoms with Crippen LogP contribution in [0.25, 0.3) is 0 Å². The highest BCUT2D eigenvalue weighted by atomic mass is 19.4. The molecule has 0 aliphatic rings. The summed E-state index contributed by atoms with van der Waals surface area (Å²) in [6, 6.07) is 4.69. The molecule has 0 amide bonds. The minimum absolute atomic E-state index is 0.0731. The smallest absolute Gasteiger partial charge is 0.420 e. The van der Waals surface area contributed by atoms with Crippen molar-refractivity contribution in [1.29, 1.82) is 0 Å². The Morgan fingerprint density at radius 3 is 2.29 bits per heavy atom. The van der Waals surface area contributed by atoms with Crippen LogP contribution in [-0.4, -0.2) is 12.1 Å². The van der Waals surface area contributed by atoms with Gasteiger partial charge < -0.3 is 4.74 Å². The van der Waals surface area contributed by atoms with Gasteiger partial charge in [-0.15, -0.1) is 0 Å². The van der Waals surface area contributed by atoms with E-state index in [1.165, 1.54) is 12.1 Å². The summed E-state index contributed by atoms with van der Waals surface area (Å²) in [4.78, 5) is 10.7. The molecular weight excluding hydrogens is 233 g/mol. The van der Waals surface area contributed by atoms with Gasteiger partial charge in [-0.1, -0.05) is 19.9 Å². The first kappa shape index (κ1) is 13.5. The van der Waals surface area contributed by atoms with Gasteiger partial charge in [-0.2, -0.15) is 13.2 Å². The Labute approximate surface area is 97.4 Å². The Bertz CT molecular complexity index is 422. The fraction of sp³-hybridized carbons (Fsp3) is 0.417. The van der Waals surface area contributed by atoms with E-state index in [2.05, 4.69) is 4.74 Å². The maximum absolute atomic E-state index is 12.0. The fourth-order valence-electron chi connectivity index (χ4n) is 1.33. The maximum Gasteiger partial charge on any atom is 0.491 e. The maximum atomic E-state index is 12.0. The lowest BCUT2D eigenvalue weighted by atomic mass is 10.0. The molecular formula is C12H13F3O2. The zero-order valence-corrected chi connectivity index (χ0v) is 9.76. The first-order chi connectivity index (χ1) is 7.70. The van der Waals surface area contributed by atoms with E-state index >= 15 is 0 Å². The van der Waals surface area contributed by atoms with Crippen molar-refractivity contribution < 1.29 is 22.7 Å². The number of rotatable bonds is 2. The first-order valence-electron chi connectivity index (χ1n) is 5.10. The lowest BCUT2D eigenvalue weighted by Crippen LogP contribution is -2.28. The second-order valence-electron chi connectivity index (χ2n) is 4.12. The number of benzene rings is 1. The average molecular weight is 246 g/mol.